The third kappa shape index (κ3) is 7.64. The Kier molecular flexibility index (Phi) is 8.95. The molecule has 0 fully saturated rings. The number of thiazole rings is 1. The molecule has 4 aromatic carbocycles. The molecule has 0 saturated heterocycles. The monoisotopic (exact) mass is 579 g/mol. The van der Waals surface area contributed by atoms with Gasteiger partial charge in [-0.3, -0.25) is 9.59 Å². The van der Waals surface area contributed by atoms with Gasteiger partial charge in [-0.25, -0.2) is 14.8 Å². The number of halogens is 1. The molecule has 10 heteroatoms. The van der Waals surface area contributed by atoms with E-state index < -0.39 is 11.7 Å². The molecule has 0 saturated carbocycles. The van der Waals surface area contributed by atoms with E-state index in [1.54, 1.807) is 48.5 Å². The number of aromatic nitrogens is 1. The van der Waals surface area contributed by atoms with Gasteiger partial charge >= 0.3 is 0 Å². The molecule has 0 unspecified atom stereocenters. The molecule has 8 nitrogen and oxygen atoms in total. The minimum Gasteiger partial charge on any atom is -0.484 e. The molecule has 0 aliphatic carbocycles. The van der Waals surface area contributed by atoms with Crippen molar-refractivity contribution >= 4 is 45.9 Å². The number of para-hydroxylation sites is 1. The Bertz CT molecular complexity index is 1700. The number of hydrogen-bond acceptors (Lipinski definition) is 7. The second-order valence-corrected chi connectivity index (χ2v) is 10.0. The van der Waals surface area contributed by atoms with E-state index in [4.69, 9.17) is 4.74 Å². The second kappa shape index (κ2) is 13.3. The van der Waals surface area contributed by atoms with Crippen LogP contribution in [0.15, 0.2) is 108 Å². The first-order valence-electron chi connectivity index (χ1n) is 12.9. The summed E-state index contributed by atoms with van der Waals surface area (Å²) in [7, 11) is 0. The van der Waals surface area contributed by atoms with Crippen LogP contribution >= 0.6 is 11.3 Å². The summed E-state index contributed by atoms with van der Waals surface area (Å²) in [5.74, 6) is -0.889. The van der Waals surface area contributed by atoms with Gasteiger partial charge in [-0.2, -0.15) is 5.10 Å². The highest BCUT2D eigenvalue weighted by molar-refractivity contribution is 7.14. The lowest BCUT2D eigenvalue weighted by Gasteiger charge is -2.08. The number of hydrazone groups is 1. The predicted molar refractivity (Wildman–Crippen MR) is 164 cm³/mol. The Labute approximate surface area is 245 Å². The average Bonchev–Trinajstić information content (AvgIpc) is 3.47. The van der Waals surface area contributed by atoms with Crippen LogP contribution in [0.3, 0.4) is 0 Å². The summed E-state index contributed by atoms with van der Waals surface area (Å²) >= 11 is 1.51. The average molecular weight is 580 g/mol. The molecule has 210 valence electrons. The molecule has 0 radical (unpaired) electrons. The number of nitrogens with one attached hydrogen (secondary N) is 3. The van der Waals surface area contributed by atoms with E-state index >= 15 is 0 Å². The minimum absolute atomic E-state index is 0.0934. The van der Waals surface area contributed by atoms with Gasteiger partial charge in [0, 0.05) is 22.2 Å². The Hall–Kier alpha value is -5.35. The van der Waals surface area contributed by atoms with Crippen LogP contribution in [0.1, 0.15) is 21.5 Å². The lowest BCUT2D eigenvalue weighted by atomic mass is 10.1. The van der Waals surface area contributed by atoms with Crippen LogP contribution in [0, 0.1) is 12.7 Å². The molecule has 0 bridgehead atoms. The number of hydrogen-bond donors (Lipinski definition) is 3. The number of anilines is 3. The van der Waals surface area contributed by atoms with Gasteiger partial charge in [0.05, 0.1) is 17.6 Å². The Morgan fingerprint density at radius 1 is 0.952 bits per heavy atom. The number of ether oxygens (including phenoxy) is 1. The fraction of sp³-hybridized carbons (Fsp3) is 0.0625. The highest BCUT2D eigenvalue weighted by Crippen LogP contribution is 2.27. The normalized spacial score (nSPS) is 10.8. The van der Waals surface area contributed by atoms with Crippen molar-refractivity contribution in [1.82, 2.24) is 10.4 Å². The summed E-state index contributed by atoms with van der Waals surface area (Å²) in [4.78, 5) is 29.2. The van der Waals surface area contributed by atoms with Gasteiger partial charge in [0.2, 0.25) is 0 Å². The zero-order valence-electron chi connectivity index (χ0n) is 22.5. The first-order chi connectivity index (χ1) is 20.4. The van der Waals surface area contributed by atoms with Crippen LogP contribution in [0.4, 0.5) is 20.9 Å². The van der Waals surface area contributed by atoms with Gasteiger partial charge in [-0.1, -0.05) is 42.0 Å². The van der Waals surface area contributed by atoms with Crippen molar-refractivity contribution < 1.29 is 18.7 Å². The quantitative estimate of drug-likeness (QED) is 0.125. The molecule has 0 atom stereocenters. The molecule has 5 aromatic rings. The van der Waals surface area contributed by atoms with Gasteiger partial charge < -0.3 is 15.4 Å². The van der Waals surface area contributed by atoms with Crippen LogP contribution in [-0.2, 0) is 4.79 Å². The number of aryl methyl sites for hydroxylation is 1. The maximum Gasteiger partial charge on any atom is 0.271 e. The van der Waals surface area contributed by atoms with E-state index in [1.165, 1.54) is 35.2 Å². The van der Waals surface area contributed by atoms with Gasteiger partial charge in [-0.15, -0.1) is 11.3 Å². The van der Waals surface area contributed by atoms with Crippen molar-refractivity contribution in [2.75, 3.05) is 17.2 Å². The van der Waals surface area contributed by atoms with E-state index in [2.05, 4.69) is 26.1 Å². The Morgan fingerprint density at radius 3 is 2.43 bits per heavy atom. The van der Waals surface area contributed by atoms with Crippen LogP contribution in [0.25, 0.3) is 11.3 Å². The second-order valence-electron chi connectivity index (χ2n) is 9.19. The number of amides is 2. The summed E-state index contributed by atoms with van der Waals surface area (Å²) in [6.45, 7) is 1.77. The van der Waals surface area contributed by atoms with Crippen molar-refractivity contribution in [3.05, 3.63) is 125 Å². The van der Waals surface area contributed by atoms with Crippen molar-refractivity contribution in [2.45, 2.75) is 6.92 Å². The molecule has 5 rings (SSSR count). The SMILES string of the molecule is Cc1ccc(Nc2nc(-c3ccc(C(=O)N/N=C/c4ccc(OCC(=O)Nc5ccccc5F)cc4)cc3)cs2)cc1. The standard InChI is InChI=1S/C32H26FN5O3S/c1-21-6-14-25(15-7-21)35-32-37-29(20-42-32)23-10-12-24(13-11-23)31(40)38-34-18-22-8-16-26(17-9-22)41-19-30(39)36-28-5-3-2-4-27(28)33/h2-18,20H,19H2,1H3,(H,35,37)(H,36,39)(H,38,40)/b34-18+. The zero-order valence-corrected chi connectivity index (χ0v) is 23.3. The topological polar surface area (TPSA) is 105 Å². The first kappa shape index (κ1) is 28.2. The molecular weight excluding hydrogens is 553 g/mol. The van der Waals surface area contributed by atoms with Crippen LogP contribution < -0.4 is 20.8 Å². The number of carbonyl (C=O) groups excluding carboxylic acids is 2. The molecule has 0 spiro atoms. The molecule has 1 heterocycles. The minimum atomic E-state index is -0.518. The van der Waals surface area contributed by atoms with Gasteiger partial charge in [0.1, 0.15) is 11.6 Å². The van der Waals surface area contributed by atoms with E-state index in [1.807, 2.05) is 48.7 Å². The molecule has 42 heavy (non-hydrogen) atoms. The lowest BCUT2D eigenvalue weighted by molar-refractivity contribution is -0.118. The number of nitrogens with zero attached hydrogens (tertiary/aromatic N) is 2. The van der Waals surface area contributed by atoms with Crippen LogP contribution in [0.5, 0.6) is 5.75 Å². The Balaban J connectivity index is 1.08. The summed E-state index contributed by atoms with van der Waals surface area (Å²) in [6, 6.07) is 27.9. The molecule has 3 N–H and O–H groups in total. The fourth-order valence-corrected chi connectivity index (χ4v) is 4.53. The highest BCUT2D eigenvalue weighted by atomic mass is 32.1. The summed E-state index contributed by atoms with van der Waals surface area (Å²) in [5.41, 5.74) is 7.67. The Morgan fingerprint density at radius 2 is 1.69 bits per heavy atom. The molecular formula is C32H26FN5O3S. The predicted octanol–water partition coefficient (Wildman–Crippen LogP) is 6.78. The summed E-state index contributed by atoms with van der Waals surface area (Å²) in [5, 5.41) is 12.5. The van der Waals surface area contributed by atoms with E-state index in [-0.39, 0.29) is 18.2 Å². The number of rotatable bonds is 10. The highest BCUT2D eigenvalue weighted by Gasteiger charge is 2.09. The summed E-state index contributed by atoms with van der Waals surface area (Å²) < 4.78 is 19.1. The molecule has 2 amide bonds. The molecule has 0 aliphatic heterocycles. The lowest BCUT2D eigenvalue weighted by Crippen LogP contribution is -2.20. The van der Waals surface area contributed by atoms with E-state index in [9.17, 15) is 14.0 Å². The van der Waals surface area contributed by atoms with Gasteiger partial charge in [0.15, 0.2) is 11.7 Å². The summed E-state index contributed by atoms with van der Waals surface area (Å²) in [6.07, 6.45) is 1.50. The number of carbonyl (C=O) groups is 2. The first-order valence-corrected chi connectivity index (χ1v) is 13.8. The fourth-order valence-electron chi connectivity index (χ4n) is 3.79. The van der Waals surface area contributed by atoms with Crippen LogP contribution in [-0.4, -0.2) is 29.6 Å². The van der Waals surface area contributed by atoms with Crippen LogP contribution in [0.2, 0.25) is 0 Å². The van der Waals surface area contributed by atoms with Gasteiger partial charge in [-0.05, 0) is 73.2 Å². The van der Waals surface area contributed by atoms with Crippen molar-refractivity contribution in [1.29, 1.82) is 0 Å². The molecule has 0 aliphatic rings. The third-order valence-electron chi connectivity index (χ3n) is 6.03. The van der Waals surface area contributed by atoms with Gasteiger partial charge in [0.25, 0.3) is 11.8 Å². The maximum atomic E-state index is 13.7. The maximum absolute atomic E-state index is 13.7. The third-order valence-corrected chi connectivity index (χ3v) is 6.79. The van der Waals surface area contributed by atoms with E-state index in [0.717, 1.165) is 22.1 Å². The van der Waals surface area contributed by atoms with E-state index in [0.29, 0.717) is 16.9 Å². The number of benzene rings is 4. The molecule has 1 aromatic heterocycles. The van der Waals surface area contributed by atoms with Crippen molar-refractivity contribution in [2.24, 2.45) is 5.10 Å². The smallest absolute Gasteiger partial charge is 0.271 e. The largest absolute Gasteiger partial charge is 0.484 e. The zero-order chi connectivity index (χ0) is 29.3. The van der Waals surface area contributed by atoms with Crippen molar-refractivity contribution in [3.63, 3.8) is 0 Å². The van der Waals surface area contributed by atoms with Crippen molar-refractivity contribution in [3.8, 4) is 17.0 Å².